The number of aromatic nitrogens is 1. The smallest absolute Gasteiger partial charge is 0.256 e. The van der Waals surface area contributed by atoms with Crippen LogP contribution < -0.4 is 15.0 Å². The van der Waals surface area contributed by atoms with E-state index < -0.39 is 0 Å². The molecule has 2 aromatic rings. The predicted molar refractivity (Wildman–Crippen MR) is 98.0 cm³/mol. The van der Waals surface area contributed by atoms with Gasteiger partial charge >= 0.3 is 0 Å². The van der Waals surface area contributed by atoms with Gasteiger partial charge < -0.3 is 15.0 Å². The number of pyridine rings is 1. The van der Waals surface area contributed by atoms with Crippen LogP contribution in [0.4, 0.5) is 11.5 Å². The van der Waals surface area contributed by atoms with Crippen LogP contribution in [-0.2, 0) is 0 Å². The normalized spacial score (nSPS) is 10.3. The molecule has 0 aliphatic heterocycles. The lowest BCUT2D eigenvalue weighted by Gasteiger charge is -2.23. The summed E-state index contributed by atoms with van der Waals surface area (Å²) in [5.41, 5.74) is 1.65. The van der Waals surface area contributed by atoms with E-state index in [1.165, 1.54) is 0 Å². The summed E-state index contributed by atoms with van der Waals surface area (Å²) in [4.78, 5) is 18.9. The van der Waals surface area contributed by atoms with Crippen LogP contribution in [0.2, 0.25) is 0 Å². The lowest BCUT2D eigenvalue weighted by atomic mass is 10.2. The summed E-state index contributed by atoms with van der Waals surface area (Å²) in [5, 5.41) is 2.82. The summed E-state index contributed by atoms with van der Waals surface area (Å²) in [7, 11) is 1.60. The minimum Gasteiger partial charge on any atom is -0.497 e. The first kappa shape index (κ1) is 17.8. The first-order valence-electron chi connectivity index (χ1n) is 8.34. The summed E-state index contributed by atoms with van der Waals surface area (Å²) >= 11 is 0. The van der Waals surface area contributed by atoms with Gasteiger partial charge in [0.15, 0.2) is 0 Å². The second-order valence-electron chi connectivity index (χ2n) is 5.57. The second-order valence-corrected chi connectivity index (χ2v) is 5.57. The van der Waals surface area contributed by atoms with Crippen molar-refractivity contribution in [3.63, 3.8) is 0 Å². The molecule has 2 rings (SSSR count). The first-order chi connectivity index (χ1) is 11.7. The Bertz CT molecular complexity index is 633. The van der Waals surface area contributed by atoms with Gasteiger partial charge in [0.1, 0.15) is 11.6 Å². The molecule has 128 valence electrons. The third-order valence-electron chi connectivity index (χ3n) is 3.69. The van der Waals surface area contributed by atoms with Crippen LogP contribution in [0.1, 0.15) is 37.0 Å². The van der Waals surface area contributed by atoms with Gasteiger partial charge in [-0.15, -0.1) is 0 Å². The van der Waals surface area contributed by atoms with Crippen LogP contribution in [0, 0.1) is 0 Å². The third-order valence-corrected chi connectivity index (χ3v) is 3.69. The average Bonchev–Trinajstić information content (AvgIpc) is 2.62. The predicted octanol–water partition coefficient (Wildman–Crippen LogP) is 3.97. The Morgan fingerprint density at radius 2 is 1.75 bits per heavy atom. The highest BCUT2D eigenvalue weighted by Gasteiger charge is 2.09. The van der Waals surface area contributed by atoms with Crippen molar-refractivity contribution in [2.24, 2.45) is 0 Å². The number of carbonyl (C=O) groups is 1. The highest BCUT2D eigenvalue weighted by Crippen LogP contribution is 2.17. The zero-order chi connectivity index (χ0) is 17.4. The molecule has 0 spiro atoms. The topological polar surface area (TPSA) is 54.5 Å². The Hall–Kier alpha value is -2.56. The quantitative estimate of drug-likeness (QED) is 0.797. The molecule has 0 radical (unpaired) electrons. The highest BCUT2D eigenvalue weighted by molar-refractivity contribution is 6.03. The molecule has 0 aliphatic carbocycles. The summed E-state index contributed by atoms with van der Waals surface area (Å²) in [6.07, 6.45) is 4.00. The number of benzene rings is 1. The number of amides is 1. The first-order valence-corrected chi connectivity index (χ1v) is 8.34. The van der Waals surface area contributed by atoms with E-state index in [2.05, 4.69) is 29.0 Å². The molecule has 0 saturated heterocycles. The molecular weight excluding hydrogens is 302 g/mol. The fraction of sp³-hybridized carbons (Fsp3) is 0.368. The lowest BCUT2D eigenvalue weighted by Crippen LogP contribution is -2.25. The van der Waals surface area contributed by atoms with E-state index in [1.807, 2.05) is 18.3 Å². The van der Waals surface area contributed by atoms with Crippen molar-refractivity contribution in [3.8, 4) is 5.75 Å². The van der Waals surface area contributed by atoms with Crippen molar-refractivity contribution in [2.75, 3.05) is 30.4 Å². The molecule has 5 heteroatoms. The summed E-state index contributed by atoms with van der Waals surface area (Å²) in [6, 6.07) is 10.8. The zero-order valence-electron chi connectivity index (χ0n) is 14.6. The van der Waals surface area contributed by atoms with Crippen molar-refractivity contribution in [2.45, 2.75) is 26.7 Å². The standard InChI is InChI=1S/C19H25N3O2/c1-4-12-22(13-5-2)16-8-11-18(20-14-16)21-19(23)15-6-9-17(24-3)10-7-15/h6-11,14H,4-5,12-13H2,1-3H3,(H,20,21,23). The Balaban J connectivity index is 2.03. The molecule has 5 nitrogen and oxygen atoms in total. The van der Waals surface area contributed by atoms with Gasteiger partial charge in [-0.05, 0) is 49.2 Å². The lowest BCUT2D eigenvalue weighted by molar-refractivity contribution is 0.102. The number of rotatable bonds is 8. The molecule has 1 amide bonds. The van der Waals surface area contributed by atoms with Gasteiger partial charge in [-0.1, -0.05) is 13.8 Å². The molecule has 24 heavy (non-hydrogen) atoms. The van der Waals surface area contributed by atoms with E-state index in [0.717, 1.165) is 37.4 Å². The minimum absolute atomic E-state index is 0.183. The maximum absolute atomic E-state index is 12.2. The van der Waals surface area contributed by atoms with E-state index in [-0.39, 0.29) is 5.91 Å². The number of carbonyl (C=O) groups excluding carboxylic acids is 1. The number of methoxy groups -OCH3 is 1. The van der Waals surface area contributed by atoms with Crippen molar-refractivity contribution < 1.29 is 9.53 Å². The van der Waals surface area contributed by atoms with Crippen LogP contribution in [0.15, 0.2) is 42.6 Å². The van der Waals surface area contributed by atoms with Crippen LogP contribution in [0.3, 0.4) is 0 Å². The Labute approximate surface area is 143 Å². The average molecular weight is 327 g/mol. The molecule has 1 N–H and O–H groups in total. The van der Waals surface area contributed by atoms with Crippen molar-refractivity contribution >= 4 is 17.4 Å². The number of anilines is 2. The number of ether oxygens (including phenoxy) is 1. The summed E-state index contributed by atoms with van der Waals surface area (Å²) < 4.78 is 5.09. The molecule has 0 atom stereocenters. The van der Waals surface area contributed by atoms with Crippen molar-refractivity contribution in [1.29, 1.82) is 0 Å². The SMILES string of the molecule is CCCN(CCC)c1ccc(NC(=O)c2ccc(OC)cc2)nc1. The van der Waals surface area contributed by atoms with E-state index in [1.54, 1.807) is 31.4 Å². The molecule has 0 bridgehead atoms. The van der Waals surface area contributed by atoms with E-state index in [4.69, 9.17) is 4.74 Å². The molecule has 1 aromatic heterocycles. The second kappa shape index (κ2) is 8.91. The third kappa shape index (κ3) is 4.72. The van der Waals surface area contributed by atoms with E-state index in [9.17, 15) is 4.79 Å². The number of hydrogen-bond acceptors (Lipinski definition) is 4. The Morgan fingerprint density at radius 3 is 2.25 bits per heavy atom. The van der Waals surface area contributed by atoms with Crippen LogP contribution in [0.5, 0.6) is 5.75 Å². The monoisotopic (exact) mass is 327 g/mol. The minimum atomic E-state index is -0.183. The fourth-order valence-corrected chi connectivity index (χ4v) is 2.49. The van der Waals surface area contributed by atoms with Gasteiger partial charge in [0.25, 0.3) is 5.91 Å². The highest BCUT2D eigenvalue weighted by atomic mass is 16.5. The van der Waals surface area contributed by atoms with Crippen molar-refractivity contribution in [1.82, 2.24) is 4.98 Å². The molecule has 0 aliphatic rings. The summed E-state index contributed by atoms with van der Waals surface area (Å²) in [6.45, 7) is 6.35. The van der Waals surface area contributed by atoms with Crippen LogP contribution in [0.25, 0.3) is 0 Å². The fourth-order valence-electron chi connectivity index (χ4n) is 2.49. The van der Waals surface area contributed by atoms with Gasteiger partial charge in [-0.3, -0.25) is 4.79 Å². The molecular formula is C19H25N3O2. The maximum Gasteiger partial charge on any atom is 0.256 e. The van der Waals surface area contributed by atoms with Gasteiger partial charge in [0, 0.05) is 18.7 Å². The van der Waals surface area contributed by atoms with Gasteiger partial charge in [-0.2, -0.15) is 0 Å². The van der Waals surface area contributed by atoms with Gasteiger partial charge in [0.05, 0.1) is 19.0 Å². The Kier molecular flexibility index (Phi) is 6.61. The molecule has 1 heterocycles. The molecule has 0 saturated carbocycles. The number of nitrogens with one attached hydrogen (secondary N) is 1. The van der Waals surface area contributed by atoms with Gasteiger partial charge in [0.2, 0.25) is 0 Å². The molecule has 1 aromatic carbocycles. The van der Waals surface area contributed by atoms with E-state index in [0.29, 0.717) is 11.4 Å². The zero-order valence-corrected chi connectivity index (χ0v) is 14.6. The largest absolute Gasteiger partial charge is 0.497 e. The van der Waals surface area contributed by atoms with Gasteiger partial charge in [-0.25, -0.2) is 4.98 Å². The molecule has 0 fully saturated rings. The number of nitrogens with zero attached hydrogens (tertiary/aromatic N) is 2. The van der Waals surface area contributed by atoms with Crippen LogP contribution in [-0.4, -0.2) is 31.1 Å². The molecule has 0 unspecified atom stereocenters. The van der Waals surface area contributed by atoms with Crippen LogP contribution >= 0.6 is 0 Å². The Morgan fingerprint density at radius 1 is 1.08 bits per heavy atom. The van der Waals surface area contributed by atoms with E-state index >= 15 is 0 Å². The maximum atomic E-state index is 12.2. The summed E-state index contributed by atoms with van der Waals surface area (Å²) in [5.74, 6) is 1.09. The van der Waals surface area contributed by atoms with Crippen molar-refractivity contribution in [3.05, 3.63) is 48.2 Å². The number of hydrogen-bond donors (Lipinski definition) is 1.